The first-order valence-corrected chi connectivity index (χ1v) is 11.1. The smallest absolute Gasteiger partial charge is 0.286 e. The Morgan fingerprint density at radius 3 is 2.41 bits per heavy atom. The minimum atomic E-state index is -0.387. The molecule has 32 heavy (non-hydrogen) atoms. The number of anilines is 1. The Balaban J connectivity index is 1.43. The second-order valence-corrected chi connectivity index (χ2v) is 8.84. The summed E-state index contributed by atoms with van der Waals surface area (Å²) < 4.78 is 0. The average molecular weight is 447 g/mol. The number of hydrogen-bond donors (Lipinski definition) is 3. The minimum Gasteiger partial charge on any atom is -0.508 e. The van der Waals surface area contributed by atoms with Gasteiger partial charge in [-0.25, -0.2) is 0 Å². The molecular formula is C25H22N2O4S. The van der Waals surface area contributed by atoms with Crippen molar-refractivity contribution in [1.29, 1.82) is 0 Å². The zero-order valence-corrected chi connectivity index (χ0v) is 18.2. The third kappa shape index (κ3) is 5.00. The lowest BCUT2D eigenvalue weighted by molar-refractivity contribution is -0.119. The van der Waals surface area contributed by atoms with Crippen LogP contribution in [0.5, 0.6) is 5.75 Å². The van der Waals surface area contributed by atoms with E-state index >= 15 is 0 Å². The molecule has 1 fully saturated rings. The molecule has 0 saturated carbocycles. The highest BCUT2D eigenvalue weighted by Crippen LogP contribution is 2.27. The van der Waals surface area contributed by atoms with E-state index in [2.05, 4.69) is 10.6 Å². The molecule has 7 heteroatoms. The topological polar surface area (TPSA) is 95.5 Å². The highest BCUT2D eigenvalue weighted by atomic mass is 32.2. The van der Waals surface area contributed by atoms with Crippen molar-refractivity contribution in [2.24, 2.45) is 0 Å². The van der Waals surface area contributed by atoms with E-state index in [9.17, 15) is 19.5 Å². The summed E-state index contributed by atoms with van der Waals surface area (Å²) in [4.78, 5) is 35.8. The number of carbonyl (C=O) groups excluding carboxylic acids is 3. The van der Waals surface area contributed by atoms with Gasteiger partial charge in [0.05, 0.1) is 11.2 Å². The molecule has 1 saturated heterocycles. The van der Waals surface area contributed by atoms with Gasteiger partial charge in [-0.3, -0.25) is 19.7 Å². The summed E-state index contributed by atoms with van der Waals surface area (Å²) in [5, 5.41) is 14.0. The van der Waals surface area contributed by atoms with Gasteiger partial charge >= 0.3 is 0 Å². The molecule has 0 spiro atoms. The molecule has 3 aromatic carbocycles. The molecule has 0 aliphatic carbocycles. The molecule has 2 unspecified atom stereocenters. The van der Waals surface area contributed by atoms with Crippen molar-refractivity contribution in [2.75, 3.05) is 5.32 Å². The molecule has 162 valence electrons. The Kier molecular flexibility index (Phi) is 6.28. The molecule has 1 aliphatic heterocycles. The SMILES string of the molecule is CC(C(=O)Nc1cccc(-c2ccc(CC3SC(=O)NC3=O)cc2)c1)c1ccc(O)cc1. The van der Waals surface area contributed by atoms with Crippen LogP contribution in [0.3, 0.4) is 0 Å². The Bertz CT molecular complexity index is 1160. The van der Waals surface area contributed by atoms with Gasteiger partial charge in [-0.2, -0.15) is 0 Å². The third-order valence-corrected chi connectivity index (χ3v) is 6.37. The van der Waals surface area contributed by atoms with Gasteiger partial charge in [0.25, 0.3) is 5.24 Å². The number of phenols is 1. The molecule has 3 N–H and O–H groups in total. The minimum absolute atomic E-state index is 0.134. The summed E-state index contributed by atoms with van der Waals surface area (Å²) in [6.45, 7) is 1.82. The lowest BCUT2D eigenvalue weighted by atomic mass is 9.99. The maximum Gasteiger partial charge on any atom is 0.286 e. The van der Waals surface area contributed by atoms with Crippen molar-refractivity contribution < 1.29 is 19.5 Å². The Morgan fingerprint density at radius 1 is 1.03 bits per heavy atom. The van der Waals surface area contributed by atoms with Crippen LogP contribution in [-0.4, -0.2) is 27.4 Å². The van der Waals surface area contributed by atoms with Crippen LogP contribution >= 0.6 is 11.8 Å². The van der Waals surface area contributed by atoms with Crippen LogP contribution in [-0.2, 0) is 16.0 Å². The molecule has 6 nitrogen and oxygen atoms in total. The van der Waals surface area contributed by atoms with E-state index in [1.54, 1.807) is 24.3 Å². The summed E-state index contributed by atoms with van der Waals surface area (Å²) in [5.74, 6) is -0.575. The lowest BCUT2D eigenvalue weighted by Gasteiger charge is -2.14. The van der Waals surface area contributed by atoms with Crippen LogP contribution in [0.2, 0.25) is 0 Å². The Hall–Kier alpha value is -3.58. The fourth-order valence-electron chi connectivity index (χ4n) is 3.52. The fourth-order valence-corrected chi connectivity index (χ4v) is 4.38. The van der Waals surface area contributed by atoms with E-state index in [0.29, 0.717) is 12.1 Å². The van der Waals surface area contributed by atoms with Crippen molar-refractivity contribution in [3.05, 3.63) is 83.9 Å². The van der Waals surface area contributed by atoms with E-state index in [0.717, 1.165) is 34.0 Å². The van der Waals surface area contributed by atoms with Crippen molar-refractivity contribution in [3.8, 4) is 16.9 Å². The number of rotatable bonds is 6. The zero-order chi connectivity index (χ0) is 22.7. The number of benzene rings is 3. The van der Waals surface area contributed by atoms with Crippen molar-refractivity contribution in [2.45, 2.75) is 24.5 Å². The summed E-state index contributed by atoms with van der Waals surface area (Å²) in [5.41, 5.74) is 4.43. The van der Waals surface area contributed by atoms with E-state index in [4.69, 9.17) is 0 Å². The zero-order valence-electron chi connectivity index (χ0n) is 17.4. The van der Waals surface area contributed by atoms with Crippen LogP contribution in [0.1, 0.15) is 24.0 Å². The normalized spacial score (nSPS) is 16.5. The molecule has 3 aromatic rings. The number of amides is 3. The van der Waals surface area contributed by atoms with Crippen molar-refractivity contribution >= 4 is 34.5 Å². The van der Waals surface area contributed by atoms with E-state index in [1.807, 2.05) is 55.5 Å². The van der Waals surface area contributed by atoms with Gasteiger partial charge in [0.1, 0.15) is 5.75 Å². The van der Waals surface area contributed by atoms with Crippen LogP contribution in [0.15, 0.2) is 72.8 Å². The van der Waals surface area contributed by atoms with Gasteiger partial charge in [-0.05, 0) is 59.9 Å². The molecule has 0 radical (unpaired) electrons. The summed E-state index contributed by atoms with van der Waals surface area (Å²) in [7, 11) is 0. The second kappa shape index (κ2) is 9.28. The van der Waals surface area contributed by atoms with Gasteiger partial charge in [0.2, 0.25) is 11.8 Å². The maximum atomic E-state index is 12.7. The van der Waals surface area contributed by atoms with Crippen molar-refractivity contribution in [3.63, 3.8) is 0 Å². The number of thioether (sulfide) groups is 1. The molecule has 4 rings (SSSR count). The predicted octanol–water partition coefficient (Wildman–Crippen LogP) is 4.70. The largest absolute Gasteiger partial charge is 0.508 e. The summed E-state index contributed by atoms with van der Waals surface area (Å²) >= 11 is 1.03. The number of carbonyl (C=O) groups is 3. The number of imide groups is 1. The van der Waals surface area contributed by atoms with Gasteiger partial charge in [0, 0.05) is 5.69 Å². The first kappa shape index (κ1) is 21.6. The lowest BCUT2D eigenvalue weighted by Crippen LogP contribution is -2.25. The third-order valence-electron chi connectivity index (χ3n) is 5.39. The molecule has 0 bridgehead atoms. The molecule has 2 atom stereocenters. The number of nitrogens with one attached hydrogen (secondary N) is 2. The van der Waals surface area contributed by atoms with Crippen molar-refractivity contribution in [1.82, 2.24) is 5.32 Å². The maximum absolute atomic E-state index is 12.7. The van der Waals surface area contributed by atoms with Crippen LogP contribution < -0.4 is 10.6 Å². The molecule has 1 aliphatic rings. The Labute approximate surface area is 190 Å². The highest BCUT2D eigenvalue weighted by molar-refractivity contribution is 8.15. The number of hydrogen-bond acceptors (Lipinski definition) is 5. The highest BCUT2D eigenvalue weighted by Gasteiger charge is 2.31. The van der Waals surface area contributed by atoms with E-state index < -0.39 is 0 Å². The molecule has 0 aromatic heterocycles. The monoisotopic (exact) mass is 446 g/mol. The van der Waals surface area contributed by atoms with Gasteiger partial charge in [-0.15, -0.1) is 0 Å². The van der Waals surface area contributed by atoms with Crippen LogP contribution in [0.4, 0.5) is 10.5 Å². The fraction of sp³-hybridized carbons (Fsp3) is 0.160. The molecule has 1 heterocycles. The standard InChI is InChI=1S/C25H22N2O4S/c1-15(17-9-11-21(28)12-10-17)23(29)26-20-4-2-3-19(14-20)18-7-5-16(6-8-18)13-22-24(30)27-25(31)32-22/h2-12,14-15,22,28H,13H2,1H3,(H,26,29)(H,27,30,31). The Morgan fingerprint density at radius 2 is 1.75 bits per heavy atom. The first-order chi connectivity index (χ1) is 15.4. The second-order valence-electron chi connectivity index (χ2n) is 7.67. The number of aromatic hydroxyl groups is 1. The van der Waals surface area contributed by atoms with Gasteiger partial charge in [0.15, 0.2) is 0 Å². The average Bonchev–Trinajstić information content (AvgIpc) is 3.11. The summed E-state index contributed by atoms with van der Waals surface area (Å²) in [6.07, 6.45) is 0.494. The summed E-state index contributed by atoms with van der Waals surface area (Å²) in [6, 6.07) is 22.0. The van der Waals surface area contributed by atoms with Crippen LogP contribution in [0.25, 0.3) is 11.1 Å². The molecular weight excluding hydrogens is 424 g/mol. The quantitative estimate of drug-likeness (QED) is 0.510. The van der Waals surface area contributed by atoms with Gasteiger partial charge < -0.3 is 10.4 Å². The predicted molar refractivity (Wildman–Crippen MR) is 126 cm³/mol. The van der Waals surface area contributed by atoms with E-state index in [-0.39, 0.29) is 34.0 Å². The van der Waals surface area contributed by atoms with E-state index in [1.165, 1.54) is 0 Å². The first-order valence-electron chi connectivity index (χ1n) is 10.2. The van der Waals surface area contributed by atoms with Crippen LogP contribution in [0, 0.1) is 0 Å². The molecule has 3 amide bonds. The van der Waals surface area contributed by atoms with Gasteiger partial charge in [-0.1, -0.05) is 60.3 Å². The number of phenolic OH excluding ortho intramolecular Hbond substituents is 1.